The molecular formula is C21H26ClN3O3. The van der Waals surface area contributed by atoms with Crippen LogP contribution in [0.1, 0.15) is 37.5 Å². The molecule has 2 aromatic rings. The first kappa shape index (κ1) is 21.7. The van der Waals surface area contributed by atoms with Crippen molar-refractivity contribution in [2.75, 3.05) is 18.5 Å². The Bertz CT molecular complexity index is 866. The Hall–Kier alpha value is -2.57. The molecule has 0 heterocycles. The number of hydrogen-bond donors (Lipinski definition) is 2. The molecule has 0 aromatic heterocycles. The molecular weight excluding hydrogens is 378 g/mol. The second-order valence-corrected chi connectivity index (χ2v) is 7.28. The van der Waals surface area contributed by atoms with Crippen molar-refractivity contribution in [3.8, 4) is 0 Å². The number of benzene rings is 2. The van der Waals surface area contributed by atoms with Gasteiger partial charge in [0.15, 0.2) is 0 Å². The van der Waals surface area contributed by atoms with Crippen molar-refractivity contribution in [3.05, 3.63) is 64.2 Å². The molecule has 0 radical (unpaired) electrons. The molecule has 0 unspecified atom stereocenters. The highest BCUT2D eigenvalue weighted by Crippen LogP contribution is 2.27. The number of carbonyl (C=O) groups excluding carboxylic acids is 1. The number of nitrogens with zero attached hydrogens (tertiary/aromatic N) is 1. The van der Waals surface area contributed by atoms with Crippen LogP contribution in [0.15, 0.2) is 47.6 Å². The fourth-order valence-electron chi connectivity index (χ4n) is 2.52. The lowest BCUT2D eigenvalue weighted by molar-refractivity contribution is 0.0466. The van der Waals surface area contributed by atoms with Gasteiger partial charge in [-0.15, -0.1) is 0 Å². The first-order valence-electron chi connectivity index (χ1n) is 8.96. The molecule has 0 spiro atoms. The van der Waals surface area contributed by atoms with Crippen LogP contribution in [0.3, 0.4) is 0 Å². The lowest BCUT2D eigenvalue weighted by Gasteiger charge is -2.26. The van der Waals surface area contributed by atoms with Gasteiger partial charge in [0.2, 0.25) is 0 Å². The molecule has 0 saturated carbocycles. The third-order valence-corrected chi connectivity index (χ3v) is 4.56. The van der Waals surface area contributed by atoms with Gasteiger partial charge in [-0.25, -0.2) is 4.79 Å². The van der Waals surface area contributed by atoms with Crippen LogP contribution in [0.5, 0.6) is 0 Å². The van der Waals surface area contributed by atoms with Crippen LogP contribution in [0.25, 0.3) is 0 Å². The summed E-state index contributed by atoms with van der Waals surface area (Å²) in [5.74, 6) is 0. The van der Waals surface area contributed by atoms with Gasteiger partial charge in [0.25, 0.3) is 0 Å². The van der Waals surface area contributed by atoms with Crippen molar-refractivity contribution >= 4 is 29.1 Å². The van der Waals surface area contributed by atoms with E-state index in [-0.39, 0.29) is 0 Å². The van der Waals surface area contributed by atoms with Gasteiger partial charge >= 0.3 is 6.09 Å². The Balaban J connectivity index is 2.10. The summed E-state index contributed by atoms with van der Waals surface area (Å²) in [7, 11) is 0. The molecule has 0 fully saturated rings. The predicted molar refractivity (Wildman–Crippen MR) is 113 cm³/mol. The summed E-state index contributed by atoms with van der Waals surface area (Å²) in [6, 6.07) is 12.9. The third-order valence-electron chi connectivity index (χ3n) is 4.14. The Morgan fingerprint density at radius 1 is 1.25 bits per heavy atom. The van der Waals surface area contributed by atoms with Gasteiger partial charge in [0.1, 0.15) is 12.2 Å². The molecule has 28 heavy (non-hydrogen) atoms. The van der Waals surface area contributed by atoms with Gasteiger partial charge in [-0.1, -0.05) is 35.0 Å². The molecule has 2 rings (SSSR count). The van der Waals surface area contributed by atoms with Gasteiger partial charge in [0.05, 0.1) is 5.71 Å². The van der Waals surface area contributed by atoms with Crippen LogP contribution in [0, 0.1) is 6.92 Å². The largest absolute Gasteiger partial charge is 0.438 e. The Kier molecular flexibility index (Phi) is 7.43. The van der Waals surface area contributed by atoms with Crippen LogP contribution >= 0.6 is 11.6 Å². The van der Waals surface area contributed by atoms with E-state index in [2.05, 4.69) is 10.5 Å². The number of amides is 1. The SMILES string of the molecule is C/C(=N\OCCN)c1cccc(C(C)(C)OC(=O)Nc2ccc(Cl)c(C)c2)c1. The number of oxime groups is 1. The van der Waals surface area contributed by atoms with E-state index in [4.69, 9.17) is 26.9 Å². The number of carbonyl (C=O) groups is 1. The quantitative estimate of drug-likeness (QED) is 0.393. The fraction of sp³-hybridized carbons (Fsp3) is 0.333. The molecule has 7 heteroatoms. The predicted octanol–water partition coefficient (Wildman–Crippen LogP) is 4.83. The van der Waals surface area contributed by atoms with E-state index in [0.29, 0.717) is 29.6 Å². The van der Waals surface area contributed by atoms with Crippen LogP contribution < -0.4 is 11.1 Å². The maximum absolute atomic E-state index is 12.4. The van der Waals surface area contributed by atoms with Crippen molar-refractivity contribution < 1.29 is 14.4 Å². The van der Waals surface area contributed by atoms with Crippen LogP contribution in [-0.2, 0) is 15.2 Å². The standard InChI is InChI=1S/C21H26ClN3O3/c1-14-12-18(8-9-19(14)22)24-20(26)28-21(3,4)17-7-5-6-16(13-17)15(2)25-27-11-10-23/h5-9,12-13H,10-11,23H2,1-4H3,(H,24,26)/b25-15+. The van der Waals surface area contributed by atoms with E-state index < -0.39 is 11.7 Å². The number of aryl methyl sites for hydroxylation is 1. The van der Waals surface area contributed by atoms with E-state index >= 15 is 0 Å². The minimum absolute atomic E-state index is 0.357. The first-order chi connectivity index (χ1) is 13.2. The highest BCUT2D eigenvalue weighted by molar-refractivity contribution is 6.31. The highest BCUT2D eigenvalue weighted by atomic mass is 35.5. The summed E-state index contributed by atoms with van der Waals surface area (Å²) >= 11 is 6.02. The van der Waals surface area contributed by atoms with Gasteiger partial charge in [0, 0.05) is 17.3 Å². The van der Waals surface area contributed by atoms with E-state index in [9.17, 15) is 4.79 Å². The average Bonchev–Trinajstić information content (AvgIpc) is 2.64. The summed E-state index contributed by atoms with van der Waals surface area (Å²) in [6.07, 6.45) is -0.547. The highest BCUT2D eigenvalue weighted by Gasteiger charge is 2.26. The van der Waals surface area contributed by atoms with E-state index in [0.717, 1.165) is 16.7 Å². The Labute approximate surface area is 170 Å². The van der Waals surface area contributed by atoms with E-state index in [1.807, 2.05) is 52.0 Å². The number of ether oxygens (including phenoxy) is 1. The minimum atomic E-state index is -0.847. The summed E-state index contributed by atoms with van der Waals surface area (Å²) < 4.78 is 5.66. The number of hydrogen-bond acceptors (Lipinski definition) is 5. The molecule has 6 nitrogen and oxygen atoms in total. The molecule has 2 aromatic carbocycles. The number of rotatable bonds is 7. The lowest BCUT2D eigenvalue weighted by atomic mass is 9.95. The van der Waals surface area contributed by atoms with Crippen molar-refractivity contribution in [2.24, 2.45) is 10.9 Å². The van der Waals surface area contributed by atoms with Crippen LogP contribution in [-0.4, -0.2) is 25.0 Å². The zero-order chi connectivity index (χ0) is 20.7. The first-order valence-corrected chi connectivity index (χ1v) is 9.34. The summed E-state index contributed by atoms with van der Waals surface area (Å²) in [6.45, 7) is 8.14. The van der Waals surface area contributed by atoms with E-state index in [1.54, 1.807) is 18.2 Å². The van der Waals surface area contributed by atoms with Crippen molar-refractivity contribution in [1.82, 2.24) is 0 Å². The normalized spacial score (nSPS) is 11.9. The third kappa shape index (κ3) is 5.97. The van der Waals surface area contributed by atoms with Gasteiger partial charge in [-0.2, -0.15) is 0 Å². The maximum Gasteiger partial charge on any atom is 0.412 e. The zero-order valence-corrected chi connectivity index (χ0v) is 17.3. The number of halogens is 1. The molecule has 0 bridgehead atoms. The second kappa shape index (κ2) is 9.57. The molecule has 0 saturated heterocycles. The summed E-state index contributed by atoms with van der Waals surface area (Å²) in [5, 5.41) is 7.42. The topological polar surface area (TPSA) is 85.9 Å². The van der Waals surface area contributed by atoms with Gasteiger partial charge < -0.3 is 15.3 Å². The molecule has 150 valence electrons. The Morgan fingerprint density at radius 3 is 2.68 bits per heavy atom. The van der Waals surface area contributed by atoms with Crippen molar-refractivity contribution in [1.29, 1.82) is 0 Å². The minimum Gasteiger partial charge on any atom is -0.438 e. The molecule has 0 aliphatic carbocycles. The van der Waals surface area contributed by atoms with Crippen molar-refractivity contribution in [2.45, 2.75) is 33.3 Å². The number of nitrogens with two attached hydrogens (primary N) is 1. The van der Waals surface area contributed by atoms with Crippen LogP contribution in [0.2, 0.25) is 5.02 Å². The molecule has 1 amide bonds. The van der Waals surface area contributed by atoms with Gasteiger partial charge in [-0.3, -0.25) is 5.32 Å². The molecule has 0 aliphatic heterocycles. The summed E-state index contributed by atoms with van der Waals surface area (Å²) in [5.41, 5.74) is 8.47. The fourth-order valence-corrected chi connectivity index (χ4v) is 2.64. The summed E-state index contributed by atoms with van der Waals surface area (Å²) in [4.78, 5) is 17.5. The molecule has 0 atom stereocenters. The van der Waals surface area contributed by atoms with E-state index in [1.165, 1.54) is 0 Å². The smallest absolute Gasteiger partial charge is 0.412 e. The van der Waals surface area contributed by atoms with Crippen LogP contribution in [0.4, 0.5) is 10.5 Å². The number of nitrogens with one attached hydrogen (secondary N) is 1. The average molecular weight is 404 g/mol. The maximum atomic E-state index is 12.4. The molecule has 3 N–H and O–H groups in total. The lowest BCUT2D eigenvalue weighted by Crippen LogP contribution is -2.28. The number of anilines is 1. The van der Waals surface area contributed by atoms with Crippen molar-refractivity contribution in [3.63, 3.8) is 0 Å². The van der Waals surface area contributed by atoms with Gasteiger partial charge in [-0.05, 0) is 68.7 Å². The monoisotopic (exact) mass is 403 g/mol. The Morgan fingerprint density at radius 2 is 2.00 bits per heavy atom. The molecule has 0 aliphatic rings. The second-order valence-electron chi connectivity index (χ2n) is 6.87. The zero-order valence-electron chi connectivity index (χ0n) is 16.6.